The zero-order valence-corrected chi connectivity index (χ0v) is 16.9. The summed E-state index contributed by atoms with van der Waals surface area (Å²) in [7, 11) is 0. The summed E-state index contributed by atoms with van der Waals surface area (Å²) < 4.78 is 51.8. The van der Waals surface area contributed by atoms with Crippen molar-refractivity contribution < 1.29 is 27.4 Å². The molecule has 0 unspecified atom stereocenters. The fourth-order valence-electron chi connectivity index (χ4n) is 3.89. The number of ether oxygens (including phenoxy) is 3. The maximum Gasteiger partial charge on any atom is 0.573 e. The van der Waals surface area contributed by atoms with Gasteiger partial charge in [-0.3, -0.25) is 0 Å². The Bertz CT molecular complexity index is 815. The van der Waals surface area contributed by atoms with Crippen LogP contribution in [0.5, 0.6) is 11.5 Å². The van der Waals surface area contributed by atoms with Crippen LogP contribution in [-0.4, -0.2) is 38.3 Å². The van der Waals surface area contributed by atoms with Crippen LogP contribution >= 0.6 is 0 Å². The number of hydrogen-bond donors (Lipinski definition) is 0. The van der Waals surface area contributed by atoms with Crippen molar-refractivity contribution in [3.63, 3.8) is 0 Å². The van der Waals surface area contributed by atoms with E-state index in [0.717, 1.165) is 43.7 Å². The lowest BCUT2D eigenvalue weighted by atomic mass is 9.90. The third-order valence-corrected chi connectivity index (χ3v) is 5.75. The number of piperidine rings is 1. The quantitative estimate of drug-likeness (QED) is 0.575. The molecule has 7 heteroatoms. The minimum Gasteiger partial charge on any atom is -0.491 e. The Balaban J connectivity index is 1.22. The number of nitrogens with zero attached hydrogens (tertiary/aromatic N) is 1. The Hall–Kier alpha value is -2.41. The molecule has 4 nitrogen and oxygen atoms in total. The van der Waals surface area contributed by atoms with Crippen LogP contribution < -0.4 is 14.4 Å². The molecule has 2 heterocycles. The van der Waals surface area contributed by atoms with Gasteiger partial charge < -0.3 is 19.1 Å². The number of alkyl halides is 3. The zero-order chi connectivity index (χ0) is 21.1. The molecule has 2 aromatic rings. The first-order chi connectivity index (χ1) is 14.4. The van der Waals surface area contributed by atoms with Crippen LogP contribution in [-0.2, 0) is 11.2 Å². The Labute approximate surface area is 174 Å². The van der Waals surface area contributed by atoms with Gasteiger partial charge in [-0.25, -0.2) is 0 Å². The Morgan fingerprint density at radius 1 is 0.967 bits per heavy atom. The molecule has 0 spiro atoms. The lowest BCUT2D eigenvalue weighted by molar-refractivity contribution is -0.274. The van der Waals surface area contributed by atoms with E-state index in [4.69, 9.17) is 9.47 Å². The highest BCUT2D eigenvalue weighted by atomic mass is 19.4. The molecule has 0 aliphatic carbocycles. The maximum absolute atomic E-state index is 12.3. The van der Waals surface area contributed by atoms with Crippen LogP contribution in [0, 0.1) is 5.92 Å². The fourth-order valence-corrected chi connectivity index (χ4v) is 3.89. The van der Waals surface area contributed by atoms with Crippen molar-refractivity contribution >= 4 is 5.69 Å². The van der Waals surface area contributed by atoms with E-state index in [2.05, 4.69) is 21.8 Å². The Morgan fingerprint density at radius 3 is 2.13 bits per heavy atom. The van der Waals surface area contributed by atoms with Gasteiger partial charge in [-0.15, -0.1) is 13.2 Å². The molecular formula is C23H26F3NO3. The van der Waals surface area contributed by atoms with E-state index < -0.39 is 6.36 Å². The van der Waals surface area contributed by atoms with Gasteiger partial charge in [-0.1, -0.05) is 12.1 Å². The Morgan fingerprint density at radius 2 is 1.57 bits per heavy atom. The van der Waals surface area contributed by atoms with Crippen LogP contribution in [0.2, 0.25) is 0 Å². The van der Waals surface area contributed by atoms with E-state index in [9.17, 15) is 13.2 Å². The first kappa shape index (κ1) is 20.8. The third kappa shape index (κ3) is 5.81. The summed E-state index contributed by atoms with van der Waals surface area (Å²) >= 11 is 0. The zero-order valence-electron chi connectivity index (χ0n) is 16.9. The van der Waals surface area contributed by atoms with Crippen LogP contribution in [0.3, 0.4) is 0 Å². The van der Waals surface area contributed by atoms with Gasteiger partial charge in [0, 0.05) is 18.8 Å². The number of benzene rings is 2. The van der Waals surface area contributed by atoms with E-state index in [1.54, 1.807) is 12.1 Å². The second-order valence-electron chi connectivity index (χ2n) is 8.01. The first-order valence-electron chi connectivity index (χ1n) is 10.3. The highest BCUT2D eigenvalue weighted by Gasteiger charge is 2.34. The fraction of sp³-hybridized carbons (Fsp3) is 0.478. The van der Waals surface area contributed by atoms with Gasteiger partial charge in [0.25, 0.3) is 0 Å². The second-order valence-corrected chi connectivity index (χ2v) is 8.01. The highest BCUT2D eigenvalue weighted by molar-refractivity contribution is 5.49. The molecule has 0 amide bonds. The summed E-state index contributed by atoms with van der Waals surface area (Å²) in [5.41, 5.74) is 2.23. The summed E-state index contributed by atoms with van der Waals surface area (Å²) in [6.45, 7) is 4.56. The average molecular weight is 421 g/mol. The standard InChI is InChI=1S/C23H26F3NO3/c1-16-22(29-16)15-28-20-8-4-19(5-9-20)27-12-10-18(11-13-27)14-17-2-6-21(7-3-17)30-23(24,25)26/h2-9,16,18,22H,10-15H2,1H3/t16-,22-/m1/s1. The van der Waals surface area contributed by atoms with Gasteiger partial charge in [-0.05, 0) is 74.1 Å². The number of rotatable bonds is 7. The lowest BCUT2D eigenvalue weighted by Crippen LogP contribution is -2.34. The van der Waals surface area contributed by atoms with Crippen molar-refractivity contribution in [1.29, 1.82) is 0 Å². The molecule has 2 aromatic carbocycles. The summed E-state index contributed by atoms with van der Waals surface area (Å²) in [5, 5.41) is 0. The SMILES string of the molecule is C[C@H]1O[C@@H]1COc1ccc(N2CCC(Cc3ccc(OC(F)(F)F)cc3)CC2)cc1. The molecule has 2 aliphatic rings. The average Bonchev–Trinajstić information content (AvgIpc) is 3.43. The summed E-state index contributed by atoms with van der Waals surface area (Å²) in [6.07, 6.45) is -1.16. The highest BCUT2D eigenvalue weighted by Crippen LogP contribution is 2.29. The molecule has 162 valence electrons. The molecule has 0 saturated carbocycles. The van der Waals surface area contributed by atoms with Crippen LogP contribution in [0.25, 0.3) is 0 Å². The number of epoxide rings is 1. The minimum absolute atomic E-state index is 0.173. The molecule has 30 heavy (non-hydrogen) atoms. The molecule has 2 aliphatic heterocycles. The summed E-state index contributed by atoms with van der Waals surface area (Å²) in [4.78, 5) is 2.37. The van der Waals surface area contributed by atoms with Crippen molar-refractivity contribution in [1.82, 2.24) is 0 Å². The van der Waals surface area contributed by atoms with Gasteiger partial charge in [0.1, 0.15) is 24.2 Å². The van der Waals surface area contributed by atoms with Crippen molar-refractivity contribution in [3.05, 3.63) is 54.1 Å². The van der Waals surface area contributed by atoms with Crippen LogP contribution in [0.4, 0.5) is 18.9 Å². The van der Waals surface area contributed by atoms with E-state index in [1.807, 2.05) is 19.1 Å². The van der Waals surface area contributed by atoms with E-state index in [0.29, 0.717) is 18.6 Å². The smallest absolute Gasteiger partial charge is 0.491 e. The number of halogens is 3. The third-order valence-electron chi connectivity index (χ3n) is 5.75. The molecule has 2 fully saturated rings. The molecular weight excluding hydrogens is 395 g/mol. The maximum atomic E-state index is 12.3. The Kier molecular flexibility index (Phi) is 6.09. The normalized spacial score (nSPS) is 22.1. The number of anilines is 1. The molecule has 4 rings (SSSR count). The molecule has 0 radical (unpaired) electrons. The monoisotopic (exact) mass is 421 g/mol. The van der Waals surface area contributed by atoms with E-state index >= 15 is 0 Å². The second kappa shape index (κ2) is 8.76. The minimum atomic E-state index is -4.65. The van der Waals surface area contributed by atoms with Crippen molar-refractivity contribution in [2.45, 2.75) is 44.8 Å². The topological polar surface area (TPSA) is 34.2 Å². The predicted molar refractivity (Wildman–Crippen MR) is 108 cm³/mol. The summed E-state index contributed by atoms with van der Waals surface area (Å²) in [5.74, 6) is 1.21. The molecule has 0 bridgehead atoms. The lowest BCUT2D eigenvalue weighted by Gasteiger charge is -2.33. The van der Waals surface area contributed by atoms with Crippen molar-refractivity contribution in [3.8, 4) is 11.5 Å². The molecule has 2 saturated heterocycles. The molecule has 0 N–H and O–H groups in total. The molecule has 0 aromatic heterocycles. The van der Waals surface area contributed by atoms with Crippen molar-refractivity contribution in [2.24, 2.45) is 5.92 Å². The first-order valence-corrected chi connectivity index (χ1v) is 10.3. The van der Waals surface area contributed by atoms with Gasteiger partial charge in [0.05, 0.1) is 6.10 Å². The molecule has 2 atom stereocenters. The van der Waals surface area contributed by atoms with Gasteiger partial charge in [0.15, 0.2) is 0 Å². The van der Waals surface area contributed by atoms with Crippen molar-refractivity contribution in [2.75, 3.05) is 24.6 Å². The van der Waals surface area contributed by atoms with Gasteiger partial charge in [0.2, 0.25) is 0 Å². The van der Waals surface area contributed by atoms with E-state index in [1.165, 1.54) is 17.8 Å². The van der Waals surface area contributed by atoms with Crippen LogP contribution in [0.15, 0.2) is 48.5 Å². The van der Waals surface area contributed by atoms with Crippen LogP contribution in [0.1, 0.15) is 25.3 Å². The van der Waals surface area contributed by atoms with E-state index in [-0.39, 0.29) is 11.9 Å². The number of hydrogen-bond acceptors (Lipinski definition) is 4. The predicted octanol–water partition coefficient (Wildman–Crippen LogP) is 5.21. The van der Waals surface area contributed by atoms with Gasteiger partial charge in [-0.2, -0.15) is 0 Å². The van der Waals surface area contributed by atoms with Gasteiger partial charge >= 0.3 is 6.36 Å². The summed E-state index contributed by atoms with van der Waals surface area (Å²) in [6, 6.07) is 14.4. The largest absolute Gasteiger partial charge is 0.573 e.